The Kier molecular flexibility index (Phi) is 16.5. The van der Waals surface area contributed by atoms with Crippen LogP contribution in [0.5, 0.6) is 17.2 Å². The fraction of sp³-hybridized carbons (Fsp3) is 0.420. The molecule has 1 saturated heterocycles. The number of aromatic nitrogens is 2. The van der Waals surface area contributed by atoms with Crippen LogP contribution in [0.3, 0.4) is 0 Å². The number of anilines is 1. The van der Waals surface area contributed by atoms with Crippen LogP contribution in [0.25, 0.3) is 0 Å². The van der Waals surface area contributed by atoms with E-state index < -0.39 is 26.3 Å². The lowest BCUT2D eigenvalue weighted by Crippen LogP contribution is -2.40. The van der Waals surface area contributed by atoms with Crippen LogP contribution in [0.1, 0.15) is 70.2 Å². The first-order chi connectivity index (χ1) is 31.6. The Bertz CT molecular complexity index is 2260. The Hall–Kier alpha value is -5.52. The molecular formula is C50H59N6O8P. The summed E-state index contributed by atoms with van der Waals surface area (Å²) in [5.74, 6) is 1.84. The van der Waals surface area contributed by atoms with E-state index in [1.54, 1.807) is 26.4 Å². The predicted molar refractivity (Wildman–Crippen MR) is 250 cm³/mol. The SMILES string of the molecule is COc1ccc(C(OC[C@H]2O[C@@H](C3C=Nc4c(ncnc4NC(=O)COc4ccccc4)C3)CC2OP(OCCC#N)N(C(C)C)C(C)C)(C2=CC=CCC2)c2ccc(OC)cc2)cc1. The molecule has 0 radical (unpaired) electrons. The Labute approximate surface area is 383 Å². The lowest BCUT2D eigenvalue weighted by molar-refractivity contribution is -0.118. The number of allylic oxidation sites excluding steroid dienone is 3. The first-order valence-corrected chi connectivity index (χ1v) is 23.3. The molecule has 1 fully saturated rings. The van der Waals surface area contributed by atoms with Crippen molar-refractivity contribution in [2.45, 2.75) is 95.8 Å². The zero-order valence-electron chi connectivity index (χ0n) is 38.0. The van der Waals surface area contributed by atoms with E-state index in [9.17, 15) is 10.1 Å². The monoisotopic (exact) mass is 902 g/mol. The first kappa shape index (κ1) is 47.4. The molecular weight excluding hydrogens is 844 g/mol. The molecule has 0 spiro atoms. The molecule has 4 aromatic rings. The number of carbonyl (C=O) groups excluding carboxylic acids is 1. The molecule has 1 N–H and O–H groups in total. The molecule has 3 unspecified atom stereocenters. The van der Waals surface area contributed by atoms with Gasteiger partial charge in [0.2, 0.25) is 0 Å². The number of benzene rings is 3. The fourth-order valence-corrected chi connectivity index (χ4v) is 10.3. The third-order valence-electron chi connectivity index (χ3n) is 11.6. The lowest BCUT2D eigenvalue weighted by Gasteiger charge is -2.40. The first-order valence-electron chi connectivity index (χ1n) is 22.2. The molecule has 5 atom stereocenters. The molecule has 1 aromatic heterocycles. The number of para-hydroxylation sites is 1. The van der Waals surface area contributed by atoms with Crippen molar-refractivity contribution in [2.75, 3.05) is 39.4 Å². The number of methoxy groups -OCH3 is 2. The van der Waals surface area contributed by atoms with Crippen molar-refractivity contribution in [1.82, 2.24) is 14.6 Å². The van der Waals surface area contributed by atoms with Gasteiger partial charge in [0.05, 0.1) is 57.8 Å². The number of nitriles is 1. The summed E-state index contributed by atoms with van der Waals surface area (Å²) < 4.78 is 47.2. The van der Waals surface area contributed by atoms with E-state index in [1.807, 2.05) is 48.7 Å². The lowest BCUT2D eigenvalue weighted by atomic mass is 9.76. The molecule has 7 rings (SSSR count). The highest BCUT2D eigenvalue weighted by molar-refractivity contribution is 7.44. The Morgan fingerprint density at radius 2 is 1.65 bits per heavy atom. The summed E-state index contributed by atoms with van der Waals surface area (Å²) >= 11 is 0. The van der Waals surface area contributed by atoms with E-state index in [4.69, 9.17) is 37.7 Å². The molecule has 3 aromatic carbocycles. The topological polar surface area (TPSA) is 159 Å². The zero-order valence-corrected chi connectivity index (χ0v) is 38.9. The van der Waals surface area contributed by atoms with Crippen molar-refractivity contribution in [3.8, 4) is 23.3 Å². The van der Waals surface area contributed by atoms with E-state index in [2.05, 4.69) is 96.2 Å². The number of ether oxygens (including phenoxy) is 5. The summed E-state index contributed by atoms with van der Waals surface area (Å²) in [7, 11) is 1.70. The maximum absolute atomic E-state index is 13.0. The molecule has 1 amide bonds. The van der Waals surface area contributed by atoms with Gasteiger partial charge in [-0.05, 0) is 93.6 Å². The number of aliphatic imine (C=N–C) groups is 1. The highest BCUT2D eigenvalue weighted by Gasteiger charge is 2.47. The van der Waals surface area contributed by atoms with Crippen molar-refractivity contribution in [2.24, 2.45) is 10.9 Å². The number of fused-ring (bicyclic) bond motifs is 1. The third kappa shape index (κ3) is 11.5. The van der Waals surface area contributed by atoms with E-state index in [-0.39, 0.29) is 56.3 Å². The normalized spacial score (nSPS) is 19.7. The summed E-state index contributed by atoms with van der Waals surface area (Å²) in [6, 6.07) is 27.6. The molecule has 3 aliphatic rings. The van der Waals surface area contributed by atoms with Gasteiger partial charge in [0.1, 0.15) is 41.0 Å². The van der Waals surface area contributed by atoms with E-state index >= 15 is 0 Å². The fourth-order valence-electron chi connectivity index (χ4n) is 8.54. The van der Waals surface area contributed by atoms with Gasteiger partial charge in [0.15, 0.2) is 12.4 Å². The molecule has 0 bridgehead atoms. The number of nitrogens with zero attached hydrogens (tertiary/aromatic N) is 5. The number of nitrogens with one attached hydrogen (secondary N) is 1. The van der Waals surface area contributed by atoms with E-state index in [0.29, 0.717) is 35.8 Å². The zero-order chi connectivity index (χ0) is 45.8. The van der Waals surface area contributed by atoms with Crippen LogP contribution in [-0.2, 0) is 35.3 Å². The van der Waals surface area contributed by atoms with Crippen molar-refractivity contribution in [3.63, 3.8) is 0 Å². The maximum Gasteiger partial charge on any atom is 0.263 e. The highest BCUT2D eigenvalue weighted by atomic mass is 31.2. The van der Waals surface area contributed by atoms with Gasteiger partial charge >= 0.3 is 0 Å². The minimum Gasteiger partial charge on any atom is -0.497 e. The Morgan fingerprint density at radius 1 is 0.954 bits per heavy atom. The summed E-state index contributed by atoms with van der Waals surface area (Å²) in [4.78, 5) is 26.7. The Balaban J connectivity index is 1.20. The molecule has 65 heavy (non-hydrogen) atoms. The molecule has 342 valence electrons. The van der Waals surface area contributed by atoms with E-state index in [1.165, 1.54) is 6.33 Å². The van der Waals surface area contributed by atoms with Crippen LogP contribution in [-0.4, -0.2) is 91.2 Å². The van der Waals surface area contributed by atoms with Gasteiger partial charge in [-0.2, -0.15) is 5.26 Å². The average molecular weight is 903 g/mol. The molecule has 14 nitrogen and oxygen atoms in total. The second kappa shape index (κ2) is 22.6. The summed E-state index contributed by atoms with van der Waals surface area (Å²) in [6.07, 6.45) is 11.3. The van der Waals surface area contributed by atoms with Gasteiger partial charge < -0.3 is 38.0 Å². The van der Waals surface area contributed by atoms with Crippen LogP contribution in [0, 0.1) is 17.2 Å². The van der Waals surface area contributed by atoms with Crippen molar-refractivity contribution in [3.05, 3.63) is 126 Å². The van der Waals surface area contributed by atoms with Crippen molar-refractivity contribution >= 4 is 32.2 Å². The number of hydrogen-bond donors (Lipinski definition) is 1. The average Bonchev–Trinajstić information content (AvgIpc) is 3.74. The largest absolute Gasteiger partial charge is 0.497 e. The highest BCUT2D eigenvalue weighted by Crippen LogP contribution is 2.51. The molecule has 1 aliphatic carbocycles. The predicted octanol–water partition coefficient (Wildman–Crippen LogP) is 9.44. The summed E-state index contributed by atoms with van der Waals surface area (Å²) in [6.45, 7) is 8.70. The minimum atomic E-state index is -1.62. The smallest absolute Gasteiger partial charge is 0.263 e. The van der Waals surface area contributed by atoms with Crippen molar-refractivity contribution in [1.29, 1.82) is 5.26 Å². The van der Waals surface area contributed by atoms with Gasteiger partial charge in [-0.15, -0.1) is 0 Å². The quantitative estimate of drug-likeness (QED) is 0.0625. The van der Waals surface area contributed by atoms with Crippen LogP contribution >= 0.6 is 8.53 Å². The minimum absolute atomic E-state index is 0.0985. The molecule has 2 aliphatic heterocycles. The van der Waals surface area contributed by atoms with Gasteiger partial charge in [-0.1, -0.05) is 60.7 Å². The summed E-state index contributed by atoms with van der Waals surface area (Å²) in [5.41, 5.74) is 3.15. The van der Waals surface area contributed by atoms with Crippen LogP contribution < -0.4 is 19.5 Å². The maximum atomic E-state index is 13.0. The van der Waals surface area contributed by atoms with Crippen LogP contribution in [0.2, 0.25) is 0 Å². The number of carbonyl (C=O) groups is 1. The molecule has 3 heterocycles. The standard InChI is InChI=1S/C50H59N6O8P/c1-34(2)56(35(3)4)65(62-27-13-26-51)64-45-29-44(36-28-43-48(52-30-36)49(54-33-53-43)55-47(57)32-60-42-16-11-8-12-17-42)63-46(45)31-61-50(37-14-9-7-10-15-37,38-18-22-40(58-5)23-19-38)39-20-24-41(59-6)25-21-39/h7-9,11-12,14,16-25,30,33-36,44-46H,10,13,15,27-29,31-32H2,1-6H3,(H,53,54,55,57)/t36?,44-,45?,46-,65?/m1/s1. The second-order valence-electron chi connectivity index (χ2n) is 16.6. The number of hydrogen-bond acceptors (Lipinski definition) is 13. The van der Waals surface area contributed by atoms with E-state index in [0.717, 1.165) is 41.0 Å². The van der Waals surface area contributed by atoms with Gasteiger partial charge in [0, 0.05) is 37.1 Å². The van der Waals surface area contributed by atoms with Gasteiger partial charge in [-0.25, -0.2) is 14.6 Å². The van der Waals surface area contributed by atoms with Crippen LogP contribution in [0.15, 0.2) is 114 Å². The summed E-state index contributed by atoms with van der Waals surface area (Å²) in [5, 5.41) is 12.3. The van der Waals surface area contributed by atoms with Crippen molar-refractivity contribution < 1.29 is 37.5 Å². The van der Waals surface area contributed by atoms with Gasteiger partial charge in [-0.3, -0.25) is 9.79 Å². The number of rotatable bonds is 21. The Morgan fingerprint density at radius 3 is 2.26 bits per heavy atom. The van der Waals surface area contributed by atoms with Gasteiger partial charge in [0.25, 0.3) is 14.4 Å². The molecule has 0 saturated carbocycles. The van der Waals surface area contributed by atoms with Crippen LogP contribution in [0.4, 0.5) is 11.5 Å². The number of amides is 1. The molecule has 15 heteroatoms. The third-order valence-corrected chi connectivity index (χ3v) is 13.8. The second-order valence-corrected chi connectivity index (χ2v) is 18.0.